The normalized spacial score (nSPS) is 25.6. The van der Waals surface area contributed by atoms with Crippen LogP contribution < -0.4 is 10.2 Å². The molecule has 116 valence electrons. The van der Waals surface area contributed by atoms with Crippen molar-refractivity contribution >= 4 is 17.3 Å². The first kappa shape index (κ1) is 15.1. The fraction of sp³-hybridized carbons (Fsp3) is 0.625. The van der Waals surface area contributed by atoms with E-state index < -0.39 is 0 Å². The van der Waals surface area contributed by atoms with E-state index in [9.17, 15) is 0 Å². The molecule has 1 aliphatic carbocycles. The molecule has 2 aliphatic rings. The Bertz CT molecular complexity index is 481. The molecule has 0 amide bonds. The Morgan fingerprint density at radius 1 is 1.19 bits per heavy atom. The molecule has 2 atom stereocenters. The first-order valence-corrected chi connectivity index (χ1v) is 7.91. The zero-order valence-electron chi connectivity index (χ0n) is 12.6. The molecule has 4 nitrogen and oxygen atoms in total. The van der Waals surface area contributed by atoms with Gasteiger partial charge >= 0.3 is 0 Å². The first-order chi connectivity index (χ1) is 10.2. The van der Waals surface area contributed by atoms with Crippen LogP contribution in [0, 0.1) is 0 Å². The molecule has 1 aromatic carbocycles. The van der Waals surface area contributed by atoms with Crippen molar-refractivity contribution in [1.29, 1.82) is 0 Å². The van der Waals surface area contributed by atoms with Crippen LogP contribution in [0.25, 0.3) is 0 Å². The molecule has 3 rings (SSSR count). The van der Waals surface area contributed by atoms with Crippen molar-refractivity contribution in [3.63, 3.8) is 0 Å². The summed E-state index contributed by atoms with van der Waals surface area (Å²) in [4.78, 5) is 2.24. The summed E-state index contributed by atoms with van der Waals surface area (Å²) >= 11 is 6.47. The Morgan fingerprint density at radius 2 is 1.86 bits per heavy atom. The van der Waals surface area contributed by atoms with Gasteiger partial charge in [-0.2, -0.15) is 0 Å². The fourth-order valence-electron chi connectivity index (χ4n) is 2.86. The lowest BCUT2D eigenvalue weighted by atomic mass is 10.2. The lowest BCUT2D eigenvalue weighted by molar-refractivity contribution is -0.00461. The summed E-state index contributed by atoms with van der Waals surface area (Å²) in [5.74, 6) is 0. The van der Waals surface area contributed by atoms with E-state index in [0.29, 0.717) is 6.04 Å². The summed E-state index contributed by atoms with van der Waals surface area (Å²) in [6, 6.07) is 7.04. The van der Waals surface area contributed by atoms with Crippen LogP contribution in [0.2, 0.25) is 5.02 Å². The Morgan fingerprint density at radius 3 is 2.38 bits per heavy atom. The van der Waals surface area contributed by atoms with Crippen molar-refractivity contribution < 1.29 is 9.47 Å². The van der Waals surface area contributed by atoms with Crippen LogP contribution in [0.5, 0.6) is 0 Å². The number of hydrogen-bond acceptors (Lipinski definition) is 4. The van der Waals surface area contributed by atoms with Crippen molar-refractivity contribution in [2.24, 2.45) is 0 Å². The number of halogens is 1. The number of benzene rings is 1. The highest BCUT2D eigenvalue weighted by molar-refractivity contribution is 6.33. The zero-order valence-corrected chi connectivity index (χ0v) is 13.4. The van der Waals surface area contributed by atoms with Gasteiger partial charge in [0.05, 0.1) is 10.7 Å². The third kappa shape index (κ3) is 3.51. The van der Waals surface area contributed by atoms with Gasteiger partial charge in [0.1, 0.15) is 12.2 Å². The highest BCUT2D eigenvalue weighted by Crippen LogP contribution is 2.31. The Labute approximate surface area is 131 Å². The number of nitrogens with one attached hydrogen (secondary N) is 1. The summed E-state index contributed by atoms with van der Waals surface area (Å²) in [7, 11) is 3.46. The molecule has 1 heterocycles. The third-order valence-electron chi connectivity index (χ3n) is 4.35. The highest BCUT2D eigenvalue weighted by atomic mass is 35.5. The van der Waals surface area contributed by atoms with E-state index in [1.165, 1.54) is 18.4 Å². The van der Waals surface area contributed by atoms with Gasteiger partial charge in [0.15, 0.2) is 0 Å². The first-order valence-electron chi connectivity index (χ1n) is 7.53. The molecule has 1 N–H and O–H groups in total. The van der Waals surface area contributed by atoms with Crippen LogP contribution in [0.15, 0.2) is 18.2 Å². The molecular weight excluding hydrogens is 288 g/mol. The SMILES string of the molecule is COC1CN(c2ccc(CNC3CC3)cc2Cl)CC1OC. The van der Waals surface area contributed by atoms with Crippen molar-refractivity contribution in [3.8, 4) is 0 Å². The summed E-state index contributed by atoms with van der Waals surface area (Å²) in [6.07, 6.45) is 2.80. The summed E-state index contributed by atoms with van der Waals surface area (Å²) < 4.78 is 11.0. The Kier molecular flexibility index (Phi) is 4.69. The molecule has 1 saturated heterocycles. The monoisotopic (exact) mass is 310 g/mol. The van der Waals surface area contributed by atoms with E-state index in [2.05, 4.69) is 28.4 Å². The van der Waals surface area contributed by atoms with E-state index >= 15 is 0 Å². The highest BCUT2D eigenvalue weighted by Gasteiger charge is 2.33. The predicted molar refractivity (Wildman–Crippen MR) is 85.1 cm³/mol. The molecule has 0 bridgehead atoms. The van der Waals surface area contributed by atoms with Crippen LogP contribution >= 0.6 is 11.6 Å². The quantitative estimate of drug-likeness (QED) is 0.875. The van der Waals surface area contributed by atoms with Crippen molar-refractivity contribution in [1.82, 2.24) is 5.32 Å². The standard InChI is InChI=1S/C16H23ClN2O2/c1-20-15-9-19(10-16(15)21-2)14-6-3-11(7-13(14)17)8-18-12-4-5-12/h3,6-7,12,15-16,18H,4-5,8-10H2,1-2H3. The van der Waals surface area contributed by atoms with Crippen molar-refractivity contribution in [2.45, 2.75) is 37.6 Å². The van der Waals surface area contributed by atoms with Gasteiger partial charge in [0, 0.05) is 39.9 Å². The van der Waals surface area contributed by atoms with Gasteiger partial charge in [-0.25, -0.2) is 0 Å². The van der Waals surface area contributed by atoms with Crippen LogP contribution in [-0.2, 0) is 16.0 Å². The van der Waals surface area contributed by atoms with Gasteiger partial charge in [0.25, 0.3) is 0 Å². The minimum absolute atomic E-state index is 0.0993. The summed E-state index contributed by atoms with van der Waals surface area (Å²) in [5.41, 5.74) is 2.30. The summed E-state index contributed by atoms with van der Waals surface area (Å²) in [6.45, 7) is 2.52. The minimum Gasteiger partial charge on any atom is -0.377 e. The van der Waals surface area contributed by atoms with Gasteiger partial charge in [0.2, 0.25) is 0 Å². The number of rotatable bonds is 6. The number of nitrogens with zero attached hydrogens (tertiary/aromatic N) is 1. The van der Waals surface area contributed by atoms with Gasteiger partial charge < -0.3 is 19.7 Å². The van der Waals surface area contributed by atoms with E-state index in [0.717, 1.165) is 30.3 Å². The molecule has 0 aromatic heterocycles. The molecule has 2 fully saturated rings. The molecule has 5 heteroatoms. The molecule has 1 saturated carbocycles. The van der Waals surface area contributed by atoms with Crippen LogP contribution in [-0.4, -0.2) is 45.6 Å². The van der Waals surface area contributed by atoms with Crippen LogP contribution in [0.1, 0.15) is 18.4 Å². The molecule has 1 aromatic rings. The van der Waals surface area contributed by atoms with Crippen LogP contribution in [0.4, 0.5) is 5.69 Å². The van der Waals surface area contributed by atoms with Crippen molar-refractivity contribution in [2.75, 3.05) is 32.2 Å². The van der Waals surface area contributed by atoms with E-state index in [1.807, 2.05) is 0 Å². The maximum absolute atomic E-state index is 6.47. The second-order valence-electron chi connectivity index (χ2n) is 5.89. The molecule has 21 heavy (non-hydrogen) atoms. The van der Waals surface area contributed by atoms with E-state index in [1.54, 1.807) is 14.2 Å². The molecular formula is C16H23ClN2O2. The number of methoxy groups -OCH3 is 2. The zero-order chi connectivity index (χ0) is 14.8. The van der Waals surface area contributed by atoms with E-state index in [4.69, 9.17) is 21.1 Å². The lowest BCUT2D eigenvalue weighted by Crippen LogP contribution is -2.27. The predicted octanol–water partition coefficient (Wildman–Crippen LogP) is 2.44. The molecule has 0 spiro atoms. The number of anilines is 1. The topological polar surface area (TPSA) is 33.7 Å². The molecule has 2 unspecified atom stereocenters. The van der Waals surface area contributed by atoms with Gasteiger partial charge in [-0.05, 0) is 30.5 Å². The Balaban J connectivity index is 1.67. The molecule has 1 aliphatic heterocycles. The van der Waals surface area contributed by atoms with Gasteiger partial charge in [-0.1, -0.05) is 17.7 Å². The minimum atomic E-state index is 0.0993. The maximum Gasteiger partial charge on any atom is 0.102 e. The smallest absolute Gasteiger partial charge is 0.102 e. The lowest BCUT2D eigenvalue weighted by Gasteiger charge is -2.20. The fourth-order valence-corrected chi connectivity index (χ4v) is 3.18. The van der Waals surface area contributed by atoms with Gasteiger partial charge in [-0.3, -0.25) is 0 Å². The average Bonchev–Trinajstić information content (AvgIpc) is 3.23. The number of ether oxygens (including phenoxy) is 2. The summed E-state index contributed by atoms with van der Waals surface area (Å²) in [5, 5.41) is 4.31. The second-order valence-corrected chi connectivity index (χ2v) is 6.30. The average molecular weight is 311 g/mol. The second kappa shape index (κ2) is 6.53. The van der Waals surface area contributed by atoms with Crippen LogP contribution in [0.3, 0.4) is 0 Å². The van der Waals surface area contributed by atoms with E-state index in [-0.39, 0.29) is 12.2 Å². The van der Waals surface area contributed by atoms with Crippen molar-refractivity contribution in [3.05, 3.63) is 28.8 Å². The molecule has 0 radical (unpaired) electrons. The van der Waals surface area contributed by atoms with Gasteiger partial charge in [-0.15, -0.1) is 0 Å². The number of hydrogen-bond donors (Lipinski definition) is 1. The maximum atomic E-state index is 6.47. The third-order valence-corrected chi connectivity index (χ3v) is 4.65. The Hall–Kier alpha value is -0.810. The largest absolute Gasteiger partial charge is 0.377 e.